The van der Waals surface area contributed by atoms with Crippen LogP contribution in [0.2, 0.25) is 5.15 Å². The van der Waals surface area contributed by atoms with Gasteiger partial charge in [0, 0.05) is 0 Å². The Morgan fingerprint density at radius 2 is 1.91 bits per heavy atom. The van der Waals surface area contributed by atoms with E-state index in [9.17, 15) is 8.42 Å². The van der Waals surface area contributed by atoms with E-state index in [1.54, 1.807) is 12.1 Å². The summed E-state index contributed by atoms with van der Waals surface area (Å²) in [5, 5.41) is 0.105. The van der Waals surface area contributed by atoms with E-state index in [0.717, 1.165) is 0 Å². The second-order valence-corrected chi connectivity index (χ2v) is 6.68. The summed E-state index contributed by atoms with van der Waals surface area (Å²) < 4.78 is 30.6. The Labute approximate surface area is 131 Å². The van der Waals surface area contributed by atoms with Crippen molar-refractivity contribution in [3.63, 3.8) is 0 Å². The molecule has 0 bridgehead atoms. The van der Waals surface area contributed by atoms with Crippen molar-refractivity contribution in [1.82, 2.24) is 15.0 Å². The molecule has 0 amide bonds. The van der Waals surface area contributed by atoms with Gasteiger partial charge in [-0.2, -0.15) is 0 Å². The van der Waals surface area contributed by atoms with E-state index in [4.69, 9.17) is 22.1 Å². The third kappa shape index (κ3) is 2.16. The van der Waals surface area contributed by atoms with Gasteiger partial charge in [0.2, 0.25) is 9.84 Å². The first-order valence-electron chi connectivity index (χ1n) is 6.12. The zero-order chi connectivity index (χ0) is 15.9. The van der Waals surface area contributed by atoms with Crippen LogP contribution >= 0.6 is 11.6 Å². The van der Waals surface area contributed by atoms with Gasteiger partial charge in [0.15, 0.2) is 5.15 Å². The molecule has 0 atom stereocenters. The number of fused-ring (bicyclic) bond motifs is 1. The zero-order valence-corrected chi connectivity index (χ0v) is 12.9. The number of hydrogen-bond acceptors (Lipinski definition) is 6. The van der Waals surface area contributed by atoms with Crippen molar-refractivity contribution in [2.24, 2.45) is 0 Å². The molecule has 0 spiro atoms. The van der Waals surface area contributed by atoms with E-state index in [2.05, 4.69) is 15.0 Å². The molecule has 22 heavy (non-hydrogen) atoms. The monoisotopic (exact) mass is 338 g/mol. The van der Waals surface area contributed by atoms with Gasteiger partial charge >= 0.3 is 0 Å². The van der Waals surface area contributed by atoms with Crippen LogP contribution in [-0.4, -0.2) is 30.5 Å². The number of nitrogen functional groups attached to an aromatic ring is 1. The van der Waals surface area contributed by atoms with Crippen molar-refractivity contribution in [1.29, 1.82) is 0 Å². The largest absolute Gasteiger partial charge is 0.497 e. The van der Waals surface area contributed by atoms with Crippen LogP contribution in [0.15, 0.2) is 40.4 Å². The number of rotatable bonds is 3. The van der Waals surface area contributed by atoms with Crippen molar-refractivity contribution < 1.29 is 13.2 Å². The van der Waals surface area contributed by atoms with Crippen molar-refractivity contribution in [3.05, 3.63) is 35.7 Å². The molecule has 2 heterocycles. The number of aromatic amines is 1. The number of hydrogen-bond donors (Lipinski definition) is 2. The van der Waals surface area contributed by atoms with Crippen molar-refractivity contribution >= 4 is 38.3 Å². The number of aromatic nitrogens is 3. The van der Waals surface area contributed by atoms with Crippen molar-refractivity contribution in [2.75, 3.05) is 12.8 Å². The lowest BCUT2D eigenvalue weighted by molar-refractivity contribution is 0.414. The van der Waals surface area contributed by atoms with E-state index in [0.29, 0.717) is 5.75 Å². The standard InChI is InChI=1S/C13H11ClN4O3S/c1-21-7-2-4-8(5-3-7)22(19,20)11-9-10(18-13(11)15)12(14)17-6-16-9/h2-6,18H,15H2,1H3. The van der Waals surface area contributed by atoms with Gasteiger partial charge in [0.05, 0.1) is 12.0 Å². The summed E-state index contributed by atoms with van der Waals surface area (Å²) in [7, 11) is -2.36. The van der Waals surface area contributed by atoms with E-state index >= 15 is 0 Å². The Balaban J connectivity index is 2.25. The number of halogens is 1. The molecule has 0 saturated heterocycles. The number of ether oxygens (including phenoxy) is 1. The Hall–Kier alpha value is -2.32. The molecule has 2 aromatic heterocycles. The van der Waals surface area contributed by atoms with Crippen LogP contribution in [0.25, 0.3) is 11.0 Å². The average molecular weight is 339 g/mol. The average Bonchev–Trinajstić information content (AvgIpc) is 2.85. The summed E-state index contributed by atoms with van der Waals surface area (Å²) in [4.78, 5) is 10.4. The molecule has 9 heteroatoms. The fourth-order valence-electron chi connectivity index (χ4n) is 2.11. The second-order valence-electron chi connectivity index (χ2n) is 4.43. The number of nitrogens with one attached hydrogen (secondary N) is 1. The SMILES string of the molecule is COc1ccc(S(=O)(=O)c2c(N)[nH]c3c(Cl)ncnc23)cc1. The van der Waals surface area contributed by atoms with Gasteiger partial charge in [-0.15, -0.1) is 0 Å². The maximum atomic E-state index is 12.8. The number of methoxy groups -OCH3 is 1. The fraction of sp³-hybridized carbons (Fsp3) is 0.0769. The number of benzene rings is 1. The molecule has 114 valence electrons. The van der Waals surface area contributed by atoms with Gasteiger partial charge in [-0.25, -0.2) is 18.4 Å². The number of anilines is 1. The highest BCUT2D eigenvalue weighted by molar-refractivity contribution is 7.92. The Kier molecular flexibility index (Phi) is 3.42. The van der Waals surface area contributed by atoms with E-state index in [-0.39, 0.29) is 31.8 Å². The molecule has 0 fully saturated rings. The highest BCUT2D eigenvalue weighted by atomic mass is 35.5. The maximum Gasteiger partial charge on any atom is 0.212 e. The summed E-state index contributed by atoms with van der Waals surface area (Å²) in [5.74, 6) is 0.518. The first-order valence-corrected chi connectivity index (χ1v) is 7.98. The molecule has 1 aromatic carbocycles. The summed E-state index contributed by atoms with van der Waals surface area (Å²) >= 11 is 5.93. The lowest BCUT2D eigenvalue weighted by Crippen LogP contribution is -2.05. The van der Waals surface area contributed by atoms with Crippen molar-refractivity contribution in [3.8, 4) is 5.75 Å². The van der Waals surface area contributed by atoms with Gasteiger partial charge in [0.25, 0.3) is 0 Å². The van der Waals surface area contributed by atoms with Gasteiger partial charge in [-0.1, -0.05) is 11.6 Å². The third-order valence-electron chi connectivity index (χ3n) is 3.16. The predicted molar refractivity (Wildman–Crippen MR) is 81.8 cm³/mol. The first kappa shape index (κ1) is 14.6. The smallest absolute Gasteiger partial charge is 0.212 e. The van der Waals surface area contributed by atoms with Crippen molar-refractivity contribution in [2.45, 2.75) is 9.79 Å². The molecule has 0 saturated carbocycles. The molecule has 0 aliphatic rings. The molecule has 0 radical (unpaired) electrons. The number of nitrogens with two attached hydrogens (primary N) is 1. The maximum absolute atomic E-state index is 12.8. The summed E-state index contributed by atoms with van der Waals surface area (Å²) in [6.45, 7) is 0. The van der Waals surface area contributed by atoms with Crippen LogP contribution in [0, 0.1) is 0 Å². The molecule has 0 unspecified atom stereocenters. The van der Waals surface area contributed by atoms with Crippen LogP contribution in [-0.2, 0) is 9.84 Å². The topological polar surface area (TPSA) is 111 Å². The Morgan fingerprint density at radius 3 is 2.55 bits per heavy atom. The number of H-pyrrole nitrogens is 1. The van der Waals surface area contributed by atoms with Crippen LogP contribution in [0.4, 0.5) is 5.82 Å². The van der Waals surface area contributed by atoms with E-state index in [1.807, 2.05) is 0 Å². The van der Waals surface area contributed by atoms with Gasteiger partial charge in [0.1, 0.15) is 33.8 Å². The molecule has 3 rings (SSSR count). The van der Waals surface area contributed by atoms with Gasteiger partial charge in [-0.05, 0) is 24.3 Å². The first-order chi connectivity index (χ1) is 10.4. The van der Waals surface area contributed by atoms with Crippen LogP contribution in [0.3, 0.4) is 0 Å². The van der Waals surface area contributed by atoms with Gasteiger partial charge in [-0.3, -0.25) is 0 Å². The highest BCUT2D eigenvalue weighted by Crippen LogP contribution is 2.34. The molecule has 7 nitrogen and oxygen atoms in total. The minimum atomic E-state index is -3.86. The van der Waals surface area contributed by atoms with Crippen LogP contribution in [0.5, 0.6) is 5.75 Å². The zero-order valence-electron chi connectivity index (χ0n) is 11.4. The second kappa shape index (κ2) is 5.15. The lowest BCUT2D eigenvalue weighted by atomic mass is 10.3. The van der Waals surface area contributed by atoms with E-state index in [1.165, 1.54) is 25.6 Å². The third-order valence-corrected chi connectivity index (χ3v) is 5.29. The molecular weight excluding hydrogens is 328 g/mol. The number of sulfone groups is 1. The van der Waals surface area contributed by atoms with Crippen LogP contribution in [0.1, 0.15) is 0 Å². The molecule has 0 aliphatic heterocycles. The quantitative estimate of drug-likeness (QED) is 0.707. The summed E-state index contributed by atoms with van der Waals surface area (Å²) in [6, 6.07) is 5.99. The van der Waals surface area contributed by atoms with Gasteiger partial charge < -0.3 is 15.5 Å². The summed E-state index contributed by atoms with van der Waals surface area (Å²) in [6.07, 6.45) is 1.19. The molecule has 3 N–H and O–H groups in total. The fourth-order valence-corrected chi connectivity index (χ4v) is 3.77. The minimum Gasteiger partial charge on any atom is -0.497 e. The lowest BCUT2D eigenvalue weighted by Gasteiger charge is -2.05. The minimum absolute atomic E-state index is 0.0341. The molecule has 0 aliphatic carbocycles. The summed E-state index contributed by atoms with van der Waals surface area (Å²) in [5.41, 5.74) is 6.26. The number of nitrogens with zero attached hydrogens (tertiary/aromatic N) is 2. The van der Waals surface area contributed by atoms with Crippen LogP contribution < -0.4 is 10.5 Å². The molecular formula is C13H11ClN4O3S. The predicted octanol–water partition coefficient (Wildman–Crippen LogP) is 2.03. The highest BCUT2D eigenvalue weighted by Gasteiger charge is 2.27. The molecule has 3 aromatic rings. The Bertz CT molecular complexity index is 951. The Morgan fingerprint density at radius 1 is 1.23 bits per heavy atom. The van der Waals surface area contributed by atoms with E-state index < -0.39 is 9.84 Å². The normalized spacial score (nSPS) is 11.7.